The van der Waals surface area contributed by atoms with E-state index in [-0.39, 0.29) is 11.3 Å². The summed E-state index contributed by atoms with van der Waals surface area (Å²) < 4.78 is 5.34. The molecule has 4 aromatic rings. The van der Waals surface area contributed by atoms with Crippen LogP contribution in [0.2, 0.25) is 0 Å². The first-order valence-electron chi connectivity index (χ1n) is 14.4. The number of anilines is 1. The number of aromatic nitrogens is 3. The van der Waals surface area contributed by atoms with Crippen molar-refractivity contribution in [3.63, 3.8) is 0 Å². The number of likely N-dealkylation sites (N-methyl/N-ethyl adjacent to an activating group) is 1. The van der Waals surface area contributed by atoms with Crippen LogP contribution < -0.4 is 4.90 Å². The van der Waals surface area contributed by atoms with E-state index in [1.165, 1.54) is 23.2 Å². The summed E-state index contributed by atoms with van der Waals surface area (Å²) in [6, 6.07) is 13.1. The molecule has 0 aliphatic carbocycles. The number of nitrogens with one attached hydrogen (secondary N) is 1. The number of rotatable bonds is 3. The van der Waals surface area contributed by atoms with E-state index < -0.39 is 0 Å². The second-order valence-electron chi connectivity index (χ2n) is 12.3. The number of fused-ring (bicyclic) bond motifs is 4. The molecule has 1 N–H and O–H groups in total. The van der Waals surface area contributed by atoms with Crippen molar-refractivity contribution >= 4 is 22.8 Å². The van der Waals surface area contributed by atoms with Crippen molar-refractivity contribution in [2.24, 2.45) is 5.41 Å². The van der Waals surface area contributed by atoms with Gasteiger partial charge in [-0.25, -0.2) is 9.97 Å². The summed E-state index contributed by atoms with van der Waals surface area (Å²) >= 11 is 0. The van der Waals surface area contributed by atoms with Crippen LogP contribution in [0.25, 0.3) is 33.5 Å². The molecule has 0 radical (unpaired) electrons. The van der Waals surface area contributed by atoms with Crippen LogP contribution in [0.4, 0.5) is 5.69 Å². The first-order valence-corrected chi connectivity index (χ1v) is 14.4. The summed E-state index contributed by atoms with van der Waals surface area (Å²) in [5.41, 5.74) is 10.7. The van der Waals surface area contributed by atoms with Gasteiger partial charge in [-0.15, -0.1) is 0 Å². The number of aromatic amines is 1. The quantitative estimate of drug-likeness (QED) is 0.426. The van der Waals surface area contributed by atoms with Gasteiger partial charge >= 0.3 is 0 Å². The van der Waals surface area contributed by atoms with E-state index in [1.54, 1.807) is 0 Å². The molecule has 1 amide bonds. The largest absolute Gasteiger partial charge is 0.380 e. The smallest absolute Gasteiger partial charge is 0.253 e. The highest BCUT2D eigenvalue weighted by atomic mass is 16.5. The minimum Gasteiger partial charge on any atom is -0.380 e. The molecule has 0 saturated carbocycles. The van der Waals surface area contributed by atoms with Gasteiger partial charge in [-0.05, 0) is 67.8 Å². The van der Waals surface area contributed by atoms with Crippen molar-refractivity contribution in [1.29, 1.82) is 0 Å². The number of hydrogen-bond acceptors (Lipinski definition) is 6. The predicted octanol–water partition coefficient (Wildman–Crippen LogP) is 4.14. The molecule has 40 heavy (non-hydrogen) atoms. The number of carbonyl (C=O) groups excluding carboxylic acids is 1. The van der Waals surface area contributed by atoms with Gasteiger partial charge in [0.05, 0.1) is 30.5 Å². The maximum Gasteiger partial charge on any atom is 0.253 e. The molecule has 3 saturated heterocycles. The predicted molar refractivity (Wildman–Crippen MR) is 156 cm³/mol. The van der Waals surface area contributed by atoms with Crippen molar-refractivity contribution in [3.8, 4) is 22.4 Å². The number of hydrogen-bond donors (Lipinski definition) is 1. The molecule has 0 bridgehead atoms. The highest BCUT2D eigenvalue weighted by Crippen LogP contribution is 2.40. The molecule has 1 atom stereocenters. The van der Waals surface area contributed by atoms with E-state index in [1.807, 2.05) is 41.6 Å². The zero-order valence-electron chi connectivity index (χ0n) is 23.1. The molecule has 8 nitrogen and oxygen atoms in total. The standard InChI is InChI=1S/C32H34N6O2/c1-20-11-24(12-23-7-8-25-15-36(2)9-10-38(25)29(20)23)27-14-34-30-28(35-27)26(13-33-30)21-3-5-22(6-4-21)31(39)37-16-32(17-37)18-40-19-32/h3-6,11-14,25H,7-10,15-19H2,1-2H3,(H,33,34)/t25-/m0/s1. The summed E-state index contributed by atoms with van der Waals surface area (Å²) in [5.74, 6) is 0.0933. The van der Waals surface area contributed by atoms with Crippen molar-refractivity contribution < 1.29 is 9.53 Å². The Kier molecular flexibility index (Phi) is 5.34. The Morgan fingerprint density at radius 1 is 1.10 bits per heavy atom. The van der Waals surface area contributed by atoms with E-state index in [4.69, 9.17) is 14.7 Å². The van der Waals surface area contributed by atoms with Crippen LogP contribution in [0, 0.1) is 12.3 Å². The number of piperazine rings is 1. The Bertz CT molecular complexity index is 1630. The second-order valence-corrected chi connectivity index (χ2v) is 12.3. The Balaban J connectivity index is 1.07. The number of nitrogens with zero attached hydrogens (tertiary/aromatic N) is 5. The Morgan fingerprint density at radius 2 is 1.93 bits per heavy atom. The molecule has 4 aliphatic heterocycles. The van der Waals surface area contributed by atoms with Gasteiger partial charge in [-0.2, -0.15) is 0 Å². The van der Waals surface area contributed by atoms with Crippen LogP contribution in [0.3, 0.4) is 0 Å². The van der Waals surface area contributed by atoms with E-state index in [2.05, 4.69) is 40.9 Å². The Morgan fingerprint density at radius 3 is 2.70 bits per heavy atom. The van der Waals surface area contributed by atoms with Gasteiger partial charge in [0, 0.05) is 67.3 Å². The lowest BCUT2D eigenvalue weighted by Crippen LogP contribution is -2.67. The second kappa shape index (κ2) is 8.88. The summed E-state index contributed by atoms with van der Waals surface area (Å²) in [5, 5.41) is 0. The van der Waals surface area contributed by atoms with Crippen molar-refractivity contribution in [3.05, 3.63) is 65.5 Å². The highest BCUT2D eigenvalue weighted by molar-refractivity contribution is 5.97. The molecular weight excluding hydrogens is 500 g/mol. The number of carbonyl (C=O) groups is 1. The van der Waals surface area contributed by atoms with Gasteiger partial charge in [-0.1, -0.05) is 12.1 Å². The van der Waals surface area contributed by atoms with Gasteiger partial charge in [0.2, 0.25) is 0 Å². The molecule has 204 valence electrons. The third kappa shape index (κ3) is 3.77. The average Bonchev–Trinajstić information content (AvgIpc) is 3.34. The first kappa shape index (κ1) is 24.1. The van der Waals surface area contributed by atoms with Gasteiger partial charge in [-0.3, -0.25) is 4.79 Å². The van der Waals surface area contributed by atoms with Crippen LogP contribution in [-0.2, 0) is 11.2 Å². The molecule has 2 aromatic heterocycles. The lowest BCUT2D eigenvalue weighted by Gasteiger charge is -2.54. The molecular formula is C32H34N6O2. The maximum absolute atomic E-state index is 12.9. The van der Waals surface area contributed by atoms with E-state index >= 15 is 0 Å². The maximum atomic E-state index is 12.9. The minimum absolute atomic E-state index is 0.0933. The highest BCUT2D eigenvalue weighted by Gasteiger charge is 2.50. The SMILES string of the molecule is Cc1cc(-c2cnc3[nH]cc(-c4ccc(C(=O)N5CC6(COC6)C5)cc4)c3n2)cc2c1N1CCN(C)C[C@@H]1CC2. The van der Waals surface area contributed by atoms with Crippen LogP contribution in [-0.4, -0.2) is 89.7 Å². The van der Waals surface area contributed by atoms with Crippen molar-refractivity contribution in [2.75, 3.05) is 57.9 Å². The fraction of sp³-hybridized carbons (Fsp3) is 0.406. The summed E-state index contributed by atoms with van der Waals surface area (Å²) in [4.78, 5) is 33.1. The van der Waals surface area contributed by atoms with E-state index in [9.17, 15) is 4.79 Å². The summed E-state index contributed by atoms with van der Waals surface area (Å²) in [6.45, 7) is 8.73. The normalized spacial score (nSPS) is 21.6. The zero-order valence-corrected chi connectivity index (χ0v) is 23.1. The zero-order chi connectivity index (χ0) is 27.0. The molecule has 1 spiro atoms. The number of amides is 1. The first-order chi connectivity index (χ1) is 19.5. The van der Waals surface area contributed by atoms with E-state index in [0.717, 1.165) is 91.5 Å². The van der Waals surface area contributed by atoms with Crippen LogP contribution in [0.5, 0.6) is 0 Å². The van der Waals surface area contributed by atoms with Crippen LogP contribution in [0.15, 0.2) is 48.8 Å². The third-order valence-corrected chi connectivity index (χ3v) is 9.38. The summed E-state index contributed by atoms with van der Waals surface area (Å²) in [6.07, 6.45) is 6.13. The van der Waals surface area contributed by atoms with Gasteiger partial charge < -0.3 is 24.4 Å². The third-order valence-electron chi connectivity index (χ3n) is 9.38. The number of benzene rings is 2. The molecule has 4 aliphatic rings. The van der Waals surface area contributed by atoms with Crippen molar-refractivity contribution in [2.45, 2.75) is 25.8 Å². The molecule has 3 fully saturated rings. The number of ether oxygens (including phenoxy) is 1. The van der Waals surface area contributed by atoms with Crippen LogP contribution >= 0.6 is 0 Å². The minimum atomic E-state index is 0.0933. The van der Waals surface area contributed by atoms with E-state index in [0.29, 0.717) is 6.04 Å². The number of likely N-dealkylation sites (tertiary alicyclic amines) is 1. The lowest BCUT2D eigenvalue weighted by atomic mass is 9.78. The topological polar surface area (TPSA) is 77.6 Å². The monoisotopic (exact) mass is 534 g/mol. The molecule has 0 unspecified atom stereocenters. The molecule has 8 rings (SSSR count). The van der Waals surface area contributed by atoms with Gasteiger partial charge in [0.25, 0.3) is 5.91 Å². The van der Waals surface area contributed by atoms with Crippen molar-refractivity contribution in [1.82, 2.24) is 24.8 Å². The number of H-pyrrole nitrogens is 1. The fourth-order valence-electron chi connectivity index (χ4n) is 7.18. The van der Waals surface area contributed by atoms with Gasteiger partial charge in [0.15, 0.2) is 5.65 Å². The molecule has 6 heterocycles. The van der Waals surface area contributed by atoms with Crippen LogP contribution in [0.1, 0.15) is 27.9 Å². The lowest BCUT2D eigenvalue weighted by molar-refractivity contribution is -0.176. The Hall–Kier alpha value is -3.75. The molecule has 2 aromatic carbocycles. The van der Waals surface area contributed by atoms with Gasteiger partial charge in [0.1, 0.15) is 5.52 Å². The average molecular weight is 535 g/mol. The fourth-order valence-corrected chi connectivity index (χ4v) is 7.18. The summed E-state index contributed by atoms with van der Waals surface area (Å²) in [7, 11) is 2.23. The Labute approximate surface area is 234 Å². The number of aryl methyl sites for hydroxylation is 2. The molecule has 8 heteroatoms.